The molecule has 1 aromatic heterocycles. The van der Waals surface area contributed by atoms with E-state index in [0.717, 1.165) is 10.0 Å². The number of aryl methyl sites for hydroxylation is 1. The summed E-state index contributed by atoms with van der Waals surface area (Å²) in [5, 5.41) is 5.01. The minimum Gasteiger partial charge on any atom is -0.397 e. The van der Waals surface area contributed by atoms with E-state index in [1.54, 1.807) is 18.2 Å². The second-order valence-electron chi connectivity index (χ2n) is 4.24. The molecule has 1 unspecified atom stereocenters. The summed E-state index contributed by atoms with van der Waals surface area (Å²) in [4.78, 5) is 16.5. The molecule has 0 saturated carbocycles. The van der Waals surface area contributed by atoms with E-state index in [2.05, 4.69) is 10.3 Å². The fourth-order valence-electron chi connectivity index (χ4n) is 1.46. The quantitative estimate of drug-likeness (QED) is 0.662. The topological polar surface area (TPSA) is 68.0 Å². The zero-order valence-electron chi connectivity index (χ0n) is 11.0. The van der Waals surface area contributed by atoms with E-state index in [0.29, 0.717) is 16.4 Å². The third kappa shape index (κ3) is 3.88. The molecule has 106 valence electrons. The van der Waals surface area contributed by atoms with Crippen molar-refractivity contribution in [1.29, 1.82) is 0 Å². The van der Waals surface area contributed by atoms with Crippen LogP contribution in [0.1, 0.15) is 12.6 Å². The van der Waals surface area contributed by atoms with Crippen molar-refractivity contribution in [3.63, 3.8) is 0 Å². The Morgan fingerprint density at radius 2 is 2.30 bits per heavy atom. The first-order valence-electron chi connectivity index (χ1n) is 5.90. The Balaban J connectivity index is 2.02. The van der Waals surface area contributed by atoms with Crippen molar-refractivity contribution >= 4 is 52.0 Å². The number of carbonyl (C=O) groups excluding carboxylic acids is 1. The van der Waals surface area contributed by atoms with Crippen LogP contribution in [-0.4, -0.2) is 16.1 Å². The largest absolute Gasteiger partial charge is 0.397 e. The van der Waals surface area contributed by atoms with Gasteiger partial charge in [0.1, 0.15) is 0 Å². The third-order valence-electron chi connectivity index (χ3n) is 2.52. The number of nitrogen functional groups attached to an aromatic ring is 1. The number of halogens is 1. The van der Waals surface area contributed by atoms with Crippen molar-refractivity contribution in [2.24, 2.45) is 0 Å². The van der Waals surface area contributed by atoms with E-state index >= 15 is 0 Å². The number of benzene rings is 1. The average molecular weight is 328 g/mol. The predicted molar refractivity (Wildman–Crippen MR) is 86.7 cm³/mol. The molecule has 1 amide bonds. The van der Waals surface area contributed by atoms with Gasteiger partial charge in [0.2, 0.25) is 5.91 Å². The van der Waals surface area contributed by atoms with Crippen LogP contribution in [0, 0.1) is 6.92 Å². The molecule has 0 saturated heterocycles. The lowest BCUT2D eigenvalue weighted by Gasteiger charge is -2.12. The number of carbonyl (C=O) groups is 1. The van der Waals surface area contributed by atoms with Gasteiger partial charge < -0.3 is 11.1 Å². The van der Waals surface area contributed by atoms with Crippen LogP contribution in [0.5, 0.6) is 0 Å². The highest BCUT2D eigenvalue weighted by atomic mass is 35.5. The predicted octanol–water partition coefficient (Wildman–Crippen LogP) is 3.81. The second-order valence-corrected chi connectivity index (χ2v) is 7.12. The molecule has 0 aliphatic rings. The molecule has 1 heterocycles. The van der Waals surface area contributed by atoms with Crippen LogP contribution in [-0.2, 0) is 4.79 Å². The minimum absolute atomic E-state index is 0.128. The summed E-state index contributed by atoms with van der Waals surface area (Å²) >= 11 is 8.85. The van der Waals surface area contributed by atoms with E-state index in [9.17, 15) is 4.79 Å². The molecule has 0 bridgehead atoms. The van der Waals surface area contributed by atoms with E-state index in [4.69, 9.17) is 17.3 Å². The van der Waals surface area contributed by atoms with E-state index in [1.165, 1.54) is 23.1 Å². The fourth-order valence-corrected chi connectivity index (χ4v) is 3.62. The Morgan fingerprint density at radius 1 is 1.55 bits per heavy atom. The molecular weight excluding hydrogens is 314 g/mol. The number of nitrogens with one attached hydrogen (secondary N) is 1. The molecule has 7 heteroatoms. The second kappa shape index (κ2) is 6.47. The summed E-state index contributed by atoms with van der Waals surface area (Å²) in [6.07, 6.45) is 0. The molecule has 4 nitrogen and oxygen atoms in total. The number of hydrogen-bond donors (Lipinski definition) is 2. The number of nitrogens with zero attached hydrogens (tertiary/aromatic N) is 1. The maximum atomic E-state index is 12.1. The summed E-state index contributed by atoms with van der Waals surface area (Å²) in [7, 11) is 0. The van der Waals surface area contributed by atoms with Gasteiger partial charge in [0.15, 0.2) is 4.34 Å². The van der Waals surface area contributed by atoms with Gasteiger partial charge in [-0.25, -0.2) is 4.98 Å². The Bertz CT molecular complexity index is 630. The van der Waals surface area contributed by atoms with Gasteiger partial charge >= 0.3 is 0 Å². The number of nitrogens with two attached hydrogens (primary N) is 1. The molecule has 1 aromatic carbocycles. The molecule has 0 radical (unpaired) electrons. The van der Waals surface area contributed by atoms with Crippen molar-refractivity contribution in [1.82, 2.24) is 4.98 Å². The number of rotatable bonds is 4. The Labute approximate surface area is 130 Å². The third-order valence-corrected chi connectivity index (χ3v) is 4.94. The Kier molecular flexibility index (Phi) is 4.91. The highest BCUT2D eigenvalue weighted by Gasteiger charge is 2.17. The molecule has 2 aromatic rings. The molecular formula is C13H14ClN3OS2. The van der Waals surface area contributed by atoms with Crippen LogP contribution >= 0.6 is 34.7 Å². The van der Waals surface area contributed by atoms with Crippen molar-refractivity contribution in [2.75, 3.05) is 11.1 Å². The van der Waals surface area contributed by atoms with Crippen LogP contribution in [0.4, 0.5) is 11.4 Å². The van der Waals surface area contributed by atoms with Crippen molar-refractivity contribution in [3.05, 3.63) is 34.3 Å². The molecule has 2 rings (SSSR count). The first-order valence-corrected chi connectivity index (χ1v) is 8.04. The number of thiazole rings is 1. The smallest absolute Gasteiger partial charge is 0.237 e. The Hall–Kier alpha value is -1.24. The highest BCUT2D eigenvalue weighted by molar-refractivity contribution is 8.02. The van der Waals surface area contributed by atoms with Crippen LogP contribution < -0.4 is 11.1 Å². The van der Waals surface area contributed by atoms with Gasteiger partial charge in [-0.15, -0.1) is 11.3 Å². The minimum atomic E-state index is -0.265. The number of thioether (sulfide) groups is 1. The van der Waals surface area contributed by atoms with Gasteiger partial charge in [-0.3, -0.25) is 4.79 Å². The molecule has 0 spiro atoms. The number of aromatic nitrogens is 1. The monoisotopic (exact) mass is 327 g/mol. The van der Waals surface area contributed by atoms with E-state index in [-0.39, 0.29) is 11.2 Å². The van der Waals surface area contributed by atoms with Crippen LogP contribution in [0.2, 0.25) is 5.02 Å². The first-order chi connectivity index (χ1) is 9.45. The zero-order chi connectivity index (χ0) is 14.7. The van der Waals surface area contributed by atoms with Gasteiger partial charge in [-0.2, -0.15) is 0 Å². The first kappa shape index (κ1) is 15.2. The van der Waals surface area contributed by atoms with Gasteiger partial charge in [-0.1, -0.05) is 23.4 Å². The number of anilines is 2. The van der Waals surface area contributed by atoms with Crippen LogP contribution in [0.3, 0.4) is 0 Å². The van der Waals surface area contributed by atoms with Crippen LogP contribution in [0.15, 0.2) is 27.9 Å². The maximum absolute atomic E-state index is 12.1. The summed E-state index contributed by atoms with van der Waals surface area (Å²) < 4.78 is 0.879. The lowest BCUT2D eigenvalue weighted by Crippen LogP contribution is -2.22. The molecule has 0 fully saturated rings. The summed E-state index contributed by atoms with van der Waals surface area (Å²) in [5.74, 6) is -0.128. The van der Waals surface area contributed by atoms with Gasteiger partial charge in [0, 0.05) is 16.1 Å². The van der Waals surface area contributed by atoms with E-state index in [1.807, 2.05) is 19.2 Å². The SMILES string of the molecule is Cc1csc(SC(C)C(=O)Nc2cc(Cl)ccc2N)n1. The van der Waals surface area contributed by atoms with Crippen molar-refractivity contribution in [2.45, 2.75) is 23.4 Å². The standard InChI is InChI=1S/C13H14ClN3OS2/c1-7-6-19-13(16-7)20-8(2)12(18)17-11-5-9(14)3-4-10(11)15/h3-6,8H,15H2,1-2H3,(H,17,18). The average Bonchev–Trinajstić information content (AvgIpc) is 2.79. The van der Waals surface area contributed by atoms with Gasteiger partial charge in [-0.05, 0) is 32.0 Å². The molecule has 20 heavy (non-hydrogen) atoms. The lowest BCUT2D eigenvalue weighted by molar-refractivity contribution is -0.115. The summed E-state index contributed by atoms with van der Waals surface area (Å²) in [5.41, 5.74) is 7.79. The zero-order valence-corrected chi connectivity index (χ0v) is 13.4. The highest BCUT2D eigenvalue weighted by Crippen LogP contribution is 2.28. The summed E-state index contributed by atoms with van der Waals surface area (Å²) in [6.45, 7) is 3.76. The maximum Gasteiger partial charge on any atom is 0.237 e. The van der Waals surface area contributed by atoms with Crippen LogP contribution in [0.25, 0.3) is 0 Å². The van der Waals surface area contributed by atoms with E-state index < -0.39 is 0 Å². The molecule has 3 N–H and O–H groups in total. The summed E-state index contributed by atoms with van der Waals surface area (Å²) in [6, 6.07) is 4.99. The molecule has 0 aliphatic heterocycles. The Morgan fingerprint density at radius 3 is 2.95 bits per heavy atom. The van der Waals surface area contributed by atoms with Crippen molar-refractivity contribution < 1.29 is 4.79 Å². The molecule has 1 atom stereocenters. The van der Waals surface area contributed by atoms with Crippen molar-refractivity contribution in [3.8, 4) is 0 Å². The number of hydrogen-bond acceptors (Lipinski definition) is 5. The lowest BCUT2D eigenvalue weighted by atomic mass is 10.2. The fraction of sp³-hybridized carbons (Fsp3) is 0.231. The van der Waals surface area contributed by atoms with Gasteiger partial charge in [0.25, 0.3) is 0 Å². The normalized spacial score (nSPS) is 12.2. The number of amides is 1. The van der Waals surface area contributed by atoms with Gasteiger partial charge in [0.05, 0.1) is 16.6 Å². The molecule has 0 aliphatic carbocycles.